The normalized spacial score (nSPS) is 29.7. The van der Waals surface area contributed by atoms with Crippen molar-refractivity contribution in [1.82, 2.24) is 10.2 Å². The van der Waals surface area contributed by atoms with Crippen LogP contribution in [0.25, 0.3) is 0 Å². The first kappa shape index (κ1) is 19.1. The monoisotopic (exact) mass is 412 g/mol. The molecule has 2 heterocycles. The molecular weight excluding hydrogens is 384 g/mol. The molecule has 3 aliphatic rings. The zero-order valence-electron chi connectivity index (χ0n) is 17.0. The Hall–Kier alpha value is -1.89. The van der Waals surface area contributed by atoms with Gasteiger partial charge in [0.15, 0.2) is 9.84 Å². The summed E-state index contributed by atoms with van der Waals surface area (Å²) in [5, 5.41) is 3.60. The van der Waals surface area contributed by atoms with Gasteiger partial charge >= 0.3 is 0 Å². The van der Waals surface area contributed by atoms with Crippen LogP contribution in [0.2, 0.25) is 0 Å². The lowest BCUT2D eigenvalue weighted by Crippen LogP contribution is -2.64. The predicted molar refractivity (Wildman–Crippen MR) is 113 cm³/mol. The number of ether oxygens (including phenoxy) is 1. The molecule has 2 aromatic carbocycles. The molecule has 0 radical (unpaired) electrons. The molecule has 0 aromatic heterocycles. The SMILES string of the molecule is CN1CCC2(Oc3ccccc3S(C)(=O)=O)CNCC12C1Cc2ccccc2C1. The second kappa shape index (κ2) is 6.56. The molecule has 2 saturated heterocycles. The zero-order valence-corrected chi connectivity index (χ0v) is 17.8. The smallest absolute Gasteiger partial charge is 0.179 e. The van der Waals surface area contributed by atoms with Crippen molar-refractivity contribution in [3.63, 3.8) is 0 Å². The predicted octanol–water partition coefficient (Wildman–Crippen LogP) is 2.30. The molecule has 29 heavy (non-hydrogen) atoms. The van der Waals surface area contributed by atoms with Gasteiger partial charge in [-0.2, -0.15) is 0 Å². The van der Waals surface area contributed by atoms with Crippen molar-refractivity contribution in [1.29, 1.82) is 0 Å². The van der Waals surface area contributed by atoms with Crippen LogP contribution in [0.1, 0.15) is 17.5 Å². The minimum Gasteiger partial charge on any atom is -0.483 e. The van der Waals surface area contributed by atoms with E-state index in [0.717, 1.165) is 38.9 Å². The number of rotatable bonds is 4. The molecule has 5 rings (SSSR count). The van der Waals surface area contributed by atoms with Crippen LogP contribution in [0.3, 0.4) is 0 Å². The number of sulfone groups is 1. The van der Waals surface area contributed by atoms with Gasteiger partial charge < -0.3 is 10.1 Å². The van der Waals surface area contributed by atoms with Gasteiger partial charge in [0.05, 0.1) is 5.54 Å². The van der Waals surface area contributed by atoms with E-state index in [0.29, 0.717) is 11.7 Å². The van der Waals surface area contributed by atoms with Crippen LogP contribution in [0, 0.1) is 5.92 Å². The molecule has 6 heteroatoms. The number of para-hydroxylation sites is 1. The van der Waals surface area contributed by atoms with Crippen LogP contribution in [0.4, 0.5) is 0 Å². The average molecular weight is 413 g/mol. The van der Waals surface area contributed by atoms with Crippen molar-refractivity contribution in [2.75, 3.05) is 32.9 Å². The van der Waals surface area contributed by atoms with Gasteiger partial charge in [0.25, 0.3) is 0 Å². The van der Waals surface area contributed by atoms with Crippen molar-refractivity contribution in [2.45, 2.75) is 35.3 Å². The van der Waals surface area contributed by atoms with Crippen LogP contribution in [0.5, 0.6) is 5.75 Å². The Morgan fingerprint density at radius 1 is 1.03 bits per heavy atom. The summed E-state index contributed by atoms with van der Waals surface area (Å²) in [5.74, 6) is 0.918. The van der Waals surface area contributed by atoms with E-state index in [1.807, 2.05) is 6.07 Å². The highest BCUT2D eigenvalue weighted by Gasteiger charge is 2.66. The van der Waals surface area contributed by atoms with Crippen LogP contribution >= 0.6 is 0 Å². The maximum Gasteiger partial charge on any atom is 0.179 e. The number of nitrogens with one attached hydrogen (secondary N) is 1. The summed E-state index contributed by atoms with van der Waals surface area (Å²) in [4.78, 5) is 2.74. The third kappa shape index (κ3) is 2.76. The summed E-state index contributed by atoms with van der Waals surface area (Å²) in [7, 11) is -1.16. The fourth-order valence-electron chi connectivity index (χ4n) is 6.06. The van der Waals surface area contributed by atoms with Crippen molar-refractivity contribution < 1.29 is 13.2 Å². The molecule has 154 valence electrons. The van der Waals surface area contributed by atoms with Crippen LogP contribution in [0.15, 0.2) is 53.4 Å². The van der Waals surface area contributed by atoms with Crippen molar-refractivity contribution >= 4 is 9.84 Å². The number of likely N-dealkylation sites (N-methyl/N-ethyl adjacent to an activating group) is 1. The zero-order chi connectivity index (χ0) is 20.3. The van der Waals surface area contributed by atoms with Gasteiger partial charge in [-0.25, -0.2) is 8.42 Å². The van der Waals surface area contributed by atoms with Crippen molar-refractivity contribution in [3.8, 4) is 5.75 Å². The highest BCUT2D eigenvalue weighted by molar-refractivity contribution is 7.90. The molecule has 2 fully saturated rings. The largest absolute Gasteiger partial charge is 0.483 e. The summed E-state index contributed by atoms with van der Waals surface area (Å²) in [5.41, 5.74) is 2.28. The van der Waals surface area contributed by atoms with Crippen LogP contribution in [-0.4, -0.2) is 57.4 Å². The Kier molecular flexibility index (Phi) is 4.32. The van der Waals surface area contributed by atoms with Crippen LogP contribution in [-0.2, 0) is 22.7 Å². The van der Waals surface area contributed by atoms with Gasteiger partial charge in [-0.15, -0.1) is 0 Å². The third-order valence-corrected chi connectivity index (χ3v) is 8.54. The van der Waals surface area contributed by atoms with Gasteiger partial charge in [0, 0.05) is 32.3 Å². The molecule has 0 bridgehead atoms. The molecule has 5 nitrogen and oxygen atoms in total. The molecule has 2 unspecified atom stereocenters. The van der Waals surface area contributed by atoms with Gasteiger partial charge in [-0.3, -0.25) is 4.90 Å². The number of likely N-dealkylation sites (tertiary alicyclic amines) is 1. The second-order valence-electron chi connectivity index (χ2n) is 8.89. The summed E-state index contributed by atoms with van der Waals surface area (Å²) in [6, 6.07) is 15.8. The van der Waals surface area contributed by atoms with E-state index in [-0.39, 0.29) is 10.4 Å². The van der Waals surface area contributed by atoms with Crippen LogP contribution < -0.4 is 10.1 Å². The minimum absolute atomic E-state index is 0.156. The lowest BCUT2D eigenvalue weighted by Gasteiger charge is -2.47. The highest BCUT2D eigenvalue weighted by atomic mass is 32.2. The maximum absolute atomic E-state index is 12.4. The Bertz CT molecular complexity index is 1030. The number of benzene rings is 2. The second-order valence-corrected chi connectivity index (χ2v) is 10.9. The van der Waals surface area contributed by atoms with Gasteiger partial charge in [0.1, 0.15) is 16.2 Å². The molecular formula is C23H28N2O3S. The summed E-state index contributed by atoms with van der Waals surface area (Å²) < 4.78 is 31.5. The first-order valence-electron chi connectivity index (χ1n) is 10.3. The van der Waals surface area contributed by atoms with E-state index in [4.69, 9.17) is 4.74 Å². The molecule has 0 amide bonds. The number of fused-ring (bicyclic) bond motifs is 2. The van der Waals surface area contributed by atoms with E-state index in [9.17, 15) is 8.42 Å². The standard InChI is InChI=1S/C23H28N2O3S/c1-25-12-11-22(28-20-9-5-6-10-21(20)29(2,26)27)15-24-16-23(22,25)19-13-17-7-3-4-8-18(17)14-19/h3-10,19,24H,11-16H2,1-2H3. The third-order valence-electron chi connectivity index (χ3n) is 7.41. The van der Waals surface area contributed by atoms with Crippen molar-refractivity contribution in [2.24, 2.45) is 5.92 Å². The molecule has 0 saturated carbocycles. The van der Waals surface area contributed by atoms with E-state index in [1.54, 1.807) is 18.2 Å². The molecule has 1 aliphatic carbocycles. The lowest BCUT2D eigenvalue weighted by atomic mass is 9.72. The summed E-state index contributed by atoms with van der Waals surface area (Å²) in [6.07, 6.45) is 4.23. The van der Waals surface area contributed by atoms with E-state index >= 15 is 0 Å². The Balaban J connectivity index is 1.56. The quantitative estimate of drug-likeness (QED) is 0.835. The number of hydrogen-bond acceptors (Lipinski definition) is 5. The fraction of sp³-hybridized carbons (Fsp3) is 0.478. The molecule has 2 aliphatic heterocycles. The summed E-state index contributed by atoms with van der Waals surface area (Å²) in [6.45, 7) is 2.56. The van der Waals surface area contributed by atoms with E-state index in [1.165, 1.54) is 17.4 Å². The summed E-state index contributed by atoms with van der Waals surface area (Å²) >= 11 is 0. The maximum atomic E-state index is 12.4. The number of nitrogens with zero attached hydrogens (tertiary/aromatic N) is 1. The highest BCUT2D eigenvalue weighted by Crippen LogP contribution is 2.52. The first-order chi connectivity index (χ1) is 13.9. The van der Waals surface area contributed by atoms with Gasteiger partial charge in [-0.1, -0.05) is 36.4 Å². The average Bonchev–Trinajstić information content (AvgIpc) is 3.34. The van der Waals surface area contributed by atoms with E-state index < -0.39 is 15.4 Å². The van der Waals surface area contributed by atoms with Gasteiger partial charge in [0.2, 0.25) is 0 Å². The fourth-order valence-corrected chi connectivity index (χ4v) is 6.86. The minimum atomic E-state index is -3.36. The Labute approximate surface area is 173 Å². The lowest BCUT2D eigenvalue weighted by molar-refractivity contribution is -0.0322. The Morgan fingerprint density at radius 3 is 2.38 bits per heavy atom. The molecule has 2 aromatic rings. The molecule has 0 spiro atoms. The number of hydrogen-bond donors (Lipinski definition) is 1. The van der Waals surface area contributed by atoms with E-state index in [2.05, 4.69) is 41.5 Å². The first-order valence-corrected chi connectivity index (χ1v) is 12.2. The molecule has 2 atom stereocenters. The Morgan fingerprint density at radius 2 is 1.69 bits per heavy atom. The van der Waals surface area contributed by atoms with Gasteiger partial charge in [-0.05, 0) is 49.1 Å². The topological polar surface area (TPSA) is 58.6 Å². The molecule has 1 N–H and O–H groups in total. The van der Waals surface area contributed by atoms with Crippen molar-refractivity contribution in [3.05, 3.63) is 59.7 Å².